The van der Waals surface area contributed by atoms with Crippen LogP contribution in [0.1, 0.15) is 213 Å². The predicted molar refractivity (Wildman–Crippen MR) is 288 cm³/mol. The lowest BCUT2D eigenvalue weighted by Crippen LogP contribution is -2.30. The second kappa shape index (κ2) is 54.2. The van der Waals surface area contributed by atoms with Gasteiger partial charge in [0.25, 0.3) is 0 Å². The number of unbranched alkanes of at least 4 members (excludes halogenated alkanes) is 18. The third kappa shape index (κ3) is 52.4. The summed E-state index contributed by atoms with van der Waals surface area (Å²) in [7, 11) is 0. The molecule has 0 heterocycles. The summed E-state index contributed by atoms with van der Waals surface area (Å²) in [6.45, 7) is 6.28. The Bertz CT molecular complexity index is 1480. The monoisotopic (exact) mass is 925 g/mol. The van der Waals surface area contributed by atoms with E-state index in [1.807, 2.05) is 60.8 Å². The number of hydrogen-bond acceptors (Lipinski definition) is 6. The maximum atomic E-state index is 12.8. The Hall–Kier alpha value is -4.45. The molecule has 0 saturated heterocycles. The Balaban J connectivity index is 4.59. The molecule has 0 aliphatic rings. The fourth-order valence-electron chi connectivity index (χ4n) is 6.86. The van der Waals surface area contributed by atoms with E-state index < -0.39 is 6.10 Å². The van der Waals surface area contributed by atoms with E-state index in [4.69, 9.17) is 14.2 Å². The maximum Gasteiger partial charge on any atom is 0.306 e. The van der Waals surface area contributed by atoms with Crippen LogP contribution in [0.4, 0.5) is 0 Å². The number of rotatable bonds is 46. The zero-order valence-corrected chi connectivity index (χ0v) is 42.9. The molecule has 0 aliphatic heterocycles. The van der Waals surface area contributed by atoms with Crippen molar-refractivity contribution >= 4 is 17.9 Å². The van der Waals surface area contributed by atoms with E-state index in [1.165, 1.54) is 77.0 Å². The first-order valence-corrected chi connectivity index (χ1v) is 26.8. The lowest BCUT2D eigenvalue weighted by molar-refractivity contribution is -0.167. The summed E-state index contributed by atoms with van der Waals surface area (Å²) in [5.41, 5.74) is 0. The Morgan fingerprint density at radius 3 is 1.12 bits per heavy atom. The van der Waals surface area contributed by atoms with E-state index >= 15 is 0 Å². The Morgan fingerprint density at radius 1 is 0.328 bits per heavy atom. The van der Waals surface area contributed by atoms with Crippen molar-refractivity contribution in [3.8, 4) is 0 Å². The maximum absolute atomic E-state index is 12.8. The minimum absolute atomic E-state index is 0.118. The molecule has 0 aliphatic carbocycles. The van der Waals surface area contributed by atoms with E-state index in [1.54, 1.807) is 0 Å². The Morgan fingerprint density at radius 2 is 0.672 bits per heavy atom. The number of carbonyl (C=O) groups excluding carboxylic acids is 3. The molecule has 0 saturated carbocycles. The van der Waals surface area contributed by atoms with Crippen LogP contribution in [0.2, 0.25) is 0 Å². The van der Waals surface area contributed by atoms with Crippen LogP contribution in [0.3, 0.4) is 0 Å². The first-order valence-electron chi connectivity index (χ1n) is 26.8. The quantitative estimate of drug-likeness (QED) is 0.0199. The van der Waals surface area contributed by atoms with Gasteiger partial charge in [-0.1, -0.05) is 251 Å². The van der Waals surface area contributed by atoms with Gasteiger partial charge in [-0.15, -0.1) is 0 Å². The summed E-state index contributed by atoms with van der Waals surface area (Å²) in [6, 6.07) is 0. The largest absolute Gasteiger partial charge is 0.462 e. The smallest absolute Gasteiger partial charge is 0.306 e. The lowest BCUT2D eigenvalue weighted by atomic mass is 10.0. The summed E-state index contributed by atoms with van der Waals surface area (Å²) < 4.78 is 16.7. The van der Waals surface area contributed by atoms with Crippen LogP contribution in [0.25, 0.3) is 0 Å². The van der Waals surface area contributed by atoms with Gasteiger partial charge in [-0.2, -0.15) is 0 Å². The number of esters is 3. The lowest BCUT2D eigenvalue weighted by Gasteiger charge is -2.18. The molecule has 1 unspecified atom stereocenters. The molecule has 0 rings (SSSR count). The second-order valence-electron chi connectivity index (χ2n) is 17.2. The highest BCUT2D eigenvalue weighted by Crippen LogP contribution is 2.15. The van der Waals surface area contributed by atoms with E-state index in [0.717, 1.165) is 89.9 Å². The second-order valence-corrected chi connectivity index (χ2v) is 17.2. The van der Waals surface area contributed by atoms with E-state index in [2.05, 4.69) is 93.7 Å². The minimum Gasteiger partial charge on any atom is -0.462 e. The molecule has 0 aromatic rings. The van der Waals surface area contributed by atoms with Gasteiger partial charge in [0.15, 0.2) is 6.10 Å². The van der Waals surface area contributed by atoms with Crippen LogP contribution >= 0.6 is 0 Å². The molecule has 0 aromatic heterocycles. The van der Waals surface area contributed by atoms with Gasteiger partial charge in [0.2, 0.25) is 0 Å². The highest BCUT2D eigenvalue weighted by atomic mass is 16.6. The van der Waals surface area contributed by atoms with Crippen LogP contribution in [0.15, 0.2) is 134 Å². The molecule has 0 bridgehead atoms. The molecule has 0 amide bonds. The highest BCUT2D eigenvalue weighted by Gasteiger charge is 2.19. The fraction of sp³-hybridized carbons (Fsp3) is 0.590. The van der Waals surface area contributed by atoms with Crippen LogP contribution in [0.5, 0.6) is 0 Å². The highest BCUT2D eigenvalue weighted by molar-refractivity contribution is 5.71. The van der Waals surface area contributed by atoms with Crippen LogP contribution in [0, 0.1) is 0 Å². The van der Waals surface area contributed by atoms with Gasteiger partial charge in [0.05, 0.1) is 0 Å². The summed E-state index contributed by atoms with van der Waals surface area (Å²) in [4.78, 5) is 38.0. The number of ether oxygens (including phenoxy) is 3. The molecule has 0 N–H and O–H groups in total. The number of hydrogen-bond donors (Lipinski definition) is 0. The van der Waals surface area contributed by atoms with Crippen molar-refractivity contribution in [2.24, 2.45) is 0 Å². The fourth-order valence-corrected chi connectivity index (χ4v) is 6.86. The Labute approximate surface area is 411 Å². The molecule has 67 heavy (non-hydrogen) atoms. The average molecular weight is 925 g/mol. The van der Waals surface area contributed by atoms with Gasteiger partial charge in [-0.25, -0.2) is 0 Å². The predicted octanol–water partition coefficient (Wildman–Crippen LogP) is 17.9. The minimum atomic E-state index is -0.830. The van der Waals surface area contributed by atoms with Gasteiger partial charge < -0.3 is 14.2 Å². The van der Waals surface area contributed by atoms with Crippen molar-refractivity contribution in [2.45, 2.75) is 219 Å². The standard InChI is InChI=1S/C61H96O6/c1-4-7-10-13-16-19-22-25-28-30-33-36-39-42-45-48-51-54-60(63)66-57-58(56-65-59(62)53-50-47-44-41-38-35-32-27-24-21-18-15-12-9-6-3)67-61(64)55-52-49-46-43-40-37-34-31-29-26-23-20-17-14-11-8-5-2/h7-8,10-11,13,16-17,19-20,22,25-26,28-30,33-34,36-37,39,43,46,58H,4-6,9,12,14-15,18,21,23-24,27,31-32,35,38,40-42,44-45,47-57H2,1-3H3/b10-7-,11-8-,16-13-,20-17-,22-19-,28-25-,29-26-,33-30+,37-34-,39-36-,46-43-. The molecule has 0 fully saturated rings. The normalized spacial score (nSPS) is 13.2. The van der Waals surface area contributed by atoms with E-state index in [9.17, 15) is 14.4 Å². The van der Waals surface area contributed by atoms with Crippen molar-refractivity contribution in [3.05, 3.63) is 134 Å². The molecule has 0 aromatic carbocycles. The van der Waals surface area contributed by atoms with Crippen molar-refractivity contribution in [3.63, 3.8) is 0 Å². The Kier molecular flexibility index (Phi) is 50.6. The van der Waals surface area contributed by atoms with Crippen molar-refractivity contribution in [2.75, 3.05) is 13.2 Å². The van der Waals surface area contributed by atoms with Crippen molar-refractivity contribution in [1.82, 2.24) is 0 Å². The van der Waals surface area contributed by atoms with E-state index in [-0.39, 0.29) is 37.5 Å². The van der Waals surface area contributed by atoms with Crippen molar-refractivity contribution < 1.29 is 28.6 Å². The van der Waals surface area contributed by atoms with Crippen molar-refractivity contribution in [1.29, 1.82) is 0 Å². The third-order valence-electron chi connectivity index (χ3n) is 10.8. The van der Waals surface area contributed by atoms with Gasteiger partial charge in [-0.3, -0.25) is 14.4 Å². The first-order chi connectivity index (χ1) is 33.0. The van der Waals surface area contributed by atoms with Gasteiger partial charge in [-0.05, 0) is 77.0 Å². The average Bonchev–Trinajstić information content (AvgIpc) is 3.33. The summed E-state index contributed by atoms with van der Waals surface area (Å²) in [6.07, 6.45) is 75.8. The van der Waals surface area contributed by atoms with Gasteiger partial charge >= 0.3 is 17.9 Å². The van der Waals surface area contributed by atoms with Crippen LogP contribution < -0.4 is 0 Å². The van der Waals surface area contributed by atoms with E-state index in [0.29, 0.717) is 19.3 Å². The molecule has 376 valence electrons. The zero-order valence-electron chi connectivity index (χ0n) is 42.9. The SMILES string of the molecule is CC\C=C/C=C\C=C/C=C\C=C\C=C/CCCCCC(=O)OCC(COC(=O)CCCCCCCCCCCCCCCCC)OC(=O)CCC/C=C\C/C=C\C/C=C\C/C=C\C/C=C\CC. The first kappa shape index (κ1) is 62.5. The number of allylic oxidation sites excluding steroid dienone is 22. The summed E-state index contributed by atoms with van der Waals surface area (Å²) in [5.74, 6) is -1.03. The molecule has 1 atom stereocenters. The topological polar surface area (TPSA) is 78.9 Å². The van der Waals surface area contributed by atoms with Gasteiger partial charge in [0.1, 0.15) is 13.2 Å². The summed E-state index contributed by atoms with van der Waals surface area (Å²) in [5, 5.41) is 0. The molecule has 0 radical (unpaired) electrons. The summed E-state index contributed by atoms with van der Waals surface area (Å²) >= 11 is 0. The molecule has 6 nitrogen and oxygen atoms in total. The third-order valence-corrected chi connectivity index (χ3v) is 10.8. The molecule has 0 spiro atoms. The van der Waals surface area contributed by atoms with Crippen LogP contribution in [-0.4, -0.2) is 37.2 Å². The van der Waals surface area contributed by atoms with Crippen LogP contribution in [-0.2, 0) is 28.6 Å². The number of carbonyl (C=O) groups is 3. The molecular formula is C61H96O6. The molecule has 6 heteroatoms. The molecular weight excluding hydrogens is 829 g/mol. The van der Waals surface area contributed by atoms with Gasteiger partial charge in [0, 0.05) is 19.3 Å². The zero-order chi connectivity index (χ0) is 48.6.